The first kappa shape index (κ1) is 15.7. The van der Waals surface area contributed by atoms with Crippen molar-refractivity contribution in [2.75, 3.05) is 0 Å². The molecule has 0 saturated carbocycles. The minimum Gasteiger partial charge on any atom is -0.346 e. The van der Waals surface area contributed by atoms with E-state index in [-0.39, 0.29) is 11.9 Å². The van der Waals surface area contributed by atoms with Gasteiger partial charge in [-0.15, -0.1) is 11.3 Å². The lowest BCUT2D eigenvalue weighted by Crippen LogP contribution is -2.28. The molecule has 3 rings (SSSR count). The third kappa shape index (κ3) is 3.62. The molecule has 120 valence electrons. The number of carbonyl (C=O) groups is 1. The van der Waals surface area contributed by atoms with Crippen molar-refractivity contribution >= 4 is 28.3 Å². The summed E-state index contributed by atoms with van der Waals surface area (Å²) in [6, 6.07) is 12.1. The molecule has 0 radical (unpaired) electrons. The number of aromatic nitrogens is 2. The van der Waals surface area contributed by atoms with E-state index in [0.29, 0.717) is 6.42 Å². The minimum atomic E-state index is -0.0957. The molecule has 2 aromatic heterocycles. The molecule has 1 N–H and O–H groups in total. The van der Waals surface area contributed by atoms with Crippen LogP contribution in [0.25, 0.3) is 11.0 Å². The molecule has 0 aliphatic heterocycles. The fourth-order valence-corrected chi connectivity index (χ4v) is 3.56. The average molecular weight is 327 g/mol. The monoisotopic (exact) mass is 327 g/mol. The normalized spacial score (nSPS) is 12.4. The summed E-state index contributed by atoms with van der Waals surface area (Å²) in [5, 5.41) is 5.13. The first-order valence-corrected chi connectivity index (χ1v) is 8.76. The van der Waals surface area contributed by atoms with Gasteiger partial charge in [-0.3, -0.25) is 4.79 Å². The Bertz CT molecular complexity index is 792. The molecule has 0 bridgehead atoms. The minimum absolute atomic E-state index is 0.0844. The quantitative estimate of drug-likeness (QED) is 0.748. The summed E-state index contributed by atoms with van der Waals surface area (Å²) < 4.78 is 2.05. The van der Waals surface area contributed by atoms with E-state index in [2.05, 4.69) is 21.7 Å². The Morgan fingerprint density at radius 3 is 2.87 bits per heavy atom. The summed E-state index contributed by atoms with van der Waals surface area (Å²) in [5.41, 5.74) is 2.05. The van der Waals surface area contributed by atoms with Gasteiger partial charge in [0.25, 0.3) is 0 Å². The molecule has 0 spiro atoms. The molecule has 23 heavy (non-hydrogen) atoms. The Hall–Kier alpha value is -2.14. The van der Waals surface area contributed by atoms with E-state index >= 15 is 0 Å². The van der Waals surface area contributed by atoms with Gasteiger partial charge >= 0.3 is 0 Å². The second kappa shape index (κ2) is 6.96. The highest BCUT2D eigenvalue weighted by molar-refractivity contribution is 7.09. The Balaban J connectivity index is 1.58. The predicted octanol–water partition coefficient (Wildman–Crippen LogP) is 3.83. The van der Waals surface area contributed by atoms with Crippen molar-refractivity contribution < 1.29 is 4.79 Å². The summed E-state index contributed by atoms with van der Waals surface area (Å²) in [4.78, 5) is 18.1. The van der Waals surface area contributed by atoms with Gasteiger partial charge in [0.05, 0.1) is 17.1 Å². The number of para-hydroxylation sites is 2. The van der Waals surface area contributed by atoms with E-state index in [4.69, 9.17) is 0 Å². The molecule has 1 amide bonds. The molecule has 5 heteroatoms. The molecule has 4 nitrogen and oxygen atoms in total. The first-order valence-electron chi connectivity index (χ1n) is 7.88. The van der Waals surface area contributed by atoms with Crippen LogP contribution in [0.4, 0.5) is 0 Å². The van der Waals surface area contributed by atoms with Crippen molar-refractivity contribution in [3.8, 4) is 0 Å². The van der Waals surface area contributed by atoms with Gasteiger partial charge in [0.1, 0.15) is 5.82 Å². The second-order valence-electron chi connectivity index (χ2n) is 5.74. The molecule has 0 unspecified atom stereocenters. The second-order valence-corrected chi connectivity index (χ2v) is 6.77. The predicted molar refractivity (Wildman–Crippen MR) is 94.5 cm³/mol. The van der Waals surface area contributed by atoms with Crippen LogP contribution in [0.5, 0.6) is 0 Å². The van der Waals surface area contributed by atoms with Crippen LogP contribution in [-0.2, 0) is 18.3 Å². The van der Waals surface area contributed by atoms with E-state index in [9.17, 15) is 4.79 Å². The van der Waals surface area contributed by atoms with Crippen LogP contribution < -0.4 is 5.32 Å². The molecule has 1 aromatic carbocycles. The fourth-order valence-electron chi connectivity index (χ4n) is 2.81. The summed E-state index contributed by atoms with van der Waals surface area (Å²) in [5.74, 6) is 0.971. The SMILES string of the molecule is C[C@@H](NC(=O)CCCc1cccs1)c1nc2ccccc2n1C. The van der Waals surface area contributed by atoms with E-state index in [1.54, 1.807) is 11.3 Å². The Morgan fingerprint density at radius 2 is 2.13 bits per heavy atom. The van der Waals surface area contributed by atoms with Gasteiger partial charge < -0.3 is 9.88 Å². The topological polar surface area (TPSA) is 46.9 Å². The van der Waals surface area contributed by atoms with E-state index < -0.39 is 0 Å². The van der Waals surface area contributed by atoms with Crippen LogP contribution in [0.3, 0.4) is 0 Å². The van der Waals surface area contributed by atoms with Crippen molar-refractivity contribution in [1.82, 2.24) is 14.9 Å². The highest BCUT2D eigenvalue weighted by atomic mass is 32.1. The zero-order valence-corrected chi connectivity index (χ0v) is 14.3. The molecule has 3 aromatic rings. The van der Waals surface area contributed by atoms with Gasteiger partial charge in [-0.1, -0.05) is 18.2 Å². The number of aryl methyl sites for hydroxylation is 2. The Labute approximate surface area is 140 Å². The lowest BCUT2D eigenvalue weighted by atomic mass is 10.2. The van der Waals surface area contributed by atoms with Crippen LogP contribution in [0.1, 0.15) is 36.5 Å². The van der Waals surface area contributed by atoms with E-state index in [1.165, 1.54) is 4.88 Å². The number of rotatable bonds is 6. The lowest BCUT2D eigenvalue weighted by Gasteiger charge is -2.13. The van der Waals surface area contributed by atoms with E-state index in [0.717, 1.165) is 29.7 Å². The largest absolute Gasteiger partial charge is 0.346 e. The highest BCUT2D eigenvalue weighted by Crippen LogP contribution is 2.19. The molecular formula is C18H21N3OS. The van der Waals surface area contributed by atoms with Crippen LogP contribution >= 0.6 is 11.3 Å². The summed E-state index contributed by atoms with van der Waals surface area (Å²) in [6.07, 6.45) is 2.39. The standard InChI is InChI=1S/C18H21N3OS/c1-13(18-20-15-9-3-4-10-16(15)21(18)2)19-17(22)11-5-7-14-8-6-12-23-14/h3-4,6,8-10,12-13H,5,7,11H2,1-2H3,(H,19,22)/t13-/m1/s1. The third-order valence-electron chi connectivity index (χ3n) is 3.99. The highest BCUT2D eigenvalue weighted by Gasteiger charge is 2.16. The molecule has 0 saturated heterocycles. The van der Waals surface area contributed by atoms with Crippen molar-refractivity contribution in [2.45, 2.75) is 32.2 Å². The van der Waals surface area contributed by atoms with Gasteiger partial charge in [-0.05, 0) is 43.3 Å². The molecule has 0 aliphatic carbocycles. The average Bonchev–Trinajstić information content (AvgIpc) is 3.16. The summed E-state index contributed by atoms with van der Waals surface area (Å²) in [6.45, 7) is 1.98. The fraction of sp³-hybridized carbons (Fsp3) is 0.333. The van der Waals surface area contributed by atoms with Gasteiger partial charge in [-0.25, -0.2) is 4.98 Å². The van der Waals surface area contributed by atoms with Gasteiger partial charge in [-0.2, -0.15) is 0 Å². The lowest BCUT2D eigenvalue weighted by molar-refractivity contribution is -0.121. The van der Waals surface area contributed by atoms with Gasteiger partial charge in [0.2, 0.25) is 5.91 Å². The van der Waals surface area contributed by atoms with Crippen molar-refractivity contribution in [3.05, 3.63) is 52.5 Å². The van der Waals surface area contributed by atoms with Crippen molar-refractivity contribution in [2.24, 2.45) is 7.05 Å². The number of fused-ring (bicyclic) bond motifs is 1. The Kier molecular flexibility index (Phi) is 4.76. The molecular weight excluding hydrogens is 306 g/mol. The maximum absolute atomic E-state index is 12.1. The maximum Gasteiger partial charge on any atom is 0.220 e. The number of amides is 1. The first-order chi connectivity index (χ1) is 11.1. The zero-order valence-electron chi connectivity index (χ0n) is 13.5. The number of nitrogens with zero attached hydrogens (tertiary/aromatic N) is 2. The van der Waals surface area contributed by atoms with Crippen LogP contribution in [-0.4, -0.2) is 15.5 Å². The number of hydrogen-bond acceptors (Lipinski definition) is 3. The number of carbonyl (C=O) groups excluding carboxylic acids is 1. The molecule has 2 heterocycles. The smallest absolute Gasteiger partial charge is 0.220 e. The number of nitrogens with one attached hydrogen (secondary N) is 1. The molecule has 0 fully saturated rings. The molecule has 1 atom stereocenters. The number of imidazole rings is 1. The Morgan fingerprint density at radius 1 is 1.30 bits per heavy atom. The number of thiophene rings is 1. The molecule has 0 aliphatic rings. The number of hydrogen-bond donors (Lipinski definition) is 1. The summed E-state index contributed by atoms with van der Waals surface area (Å²) >= 11 is 1.74. The van der Waals surface area contributed by atoms with Gasteiger partial charge in [0.15, 0.2) is 0 Å². The summed E-state index contributed by atoms with van der Waals surface area (Å²) in [7, 11) is 1.99. The van der Waals surface area contributed by atoms with Crippen molar-refractivity contribution in [1.29, 1.82) is 0 Å². The zero-order chi connectivity index (χ0) is 16.2. The number of benzene rings is 1. The van der Waals surface area contributed by atoms with Gasteiger partial charge in [0, 0.05) is 18.3 Å². The van der Waals surface area contributed by atoms with Crippen LogP contribution in [0, 0.1) is 0 Å². The van der Waals surface area contributed by atoms with Crippen molar-refractivity contribution in [3.63, 3.8) is 0 Å². The third-order valence-corrected chi connectivity index (χ3v) is 4.93. The maximum atomic E-state index is 12.1. The van der Waals surface area contributed by atoms with Crippen LogP contribution in [0.2, 0.25) is 0 Å². The van der Waals surface area contributed by atoms with Crippen LogP contribution in [0.15, 0.2) is 41.8 Å². The van der Waals surface area contributed by atoms with E-state index in [1.807, 2.05) is 48.9 Å².